The molecule has 0 radical (unpaired) electrons. The fourth-order valence-corrected chi connectivity index (χ4v) is 4.34. The van der Waals surface area contributed by atoms with Gasteiger partial charge in [-0.05, 0) is 58.9 Å². The molecule has 0 fully saturated rings. The van der Waals surface area contributed by atoms with Crippen molar-refractivity contribution in [2.45, 2.75) is 40.7 Å². The smallest absolute Gasteiger partial charge is 0.184 e. The third-order valence-corrected chi connectivity index (χ3v) is 5.81. The van der Waals surface area contributed by atoms with Gasteiger partial charge in [-0.2, -0.15) is 0 Å². The van der Waals surface area contributed by atoms with Crippen molar-refractivity contribution in [3.05, 3.63) is 29.1 Å². The SMILES string of the molecule is CCOc1c(-c2ccc(C(=S)NC(C)C)s2)ccc(N(CC)CC)c1OC.Cl. The lowest BCUT2D eigenvalue weighted by Crippen LogP contribution is -2.28. The number of anilines is 1. The normalized spacial score (nSPS) is 10.4. The number of halogens is 1. The zero-order valence-corrected chi connectivity index (χ0v) is 19.9. The highest BCUT2D eigenvalue weighted by atomic mass is 35.5. The molecule has 0 unspecified atom stereocenters. The van der Waals surface area contributed by atoms with Crippen LogP contribution >= 0.6 is 36.0 Å². The molecule has 0 saturated carbocycles. The van der Waals surface area contributed by atoms with Crippen LogP contribution in [0.5, 0.6) is 11.5 Å². The predicted octanol–water partition coefficient (Wildman–Crippen LogP) is 5.76. The maximum absolute atomic E-state index is 6.03. The van der Waals surface area contributed by atoms with E-state index in [0.29, 0.717) is 12.6 Å². The summed E-state index contributed by atoms with van der Waals surface area (Å²) >= 11 is 7.18. The van der Waals surface area contributed by atoms with E-state index in [-0.39, 0.29) is 12.4 Å². The number of methoxy groups -OCH3 is 1. The Kier molecular flexibility index (Phi) is 10.1. The number of rotatable bonds is 9. The molecule has 0 aliphatic rings. The van der Waals surface area contributed by atoms with Gasteiger partial charge < -0.3 is 19.7 Å². The number of thiocarbonyl (C=S) groups is 1. The maximum Gasteiger partial charge on any atom is 0.184 e. The lowest BCUT2D eigenvalue weighted by molar-refractivity contribution is 0.312. The second-order valence-corrected chi connectivity index (χ2v) is 7.88. The molecule has 7 heteroatoms. The zero-order chi connectivity index (χ0) is 20.0. The Morgan fingerprint density at radius 2 is 1.79 bits per heavy atom. The van der Waals surface area contributed by atoms with Gasteiger partial charge in [0.25, 0.3) is 0 Å². The van der Waals surface area contributed by atoms with Crippen LogP contribution in [0.3, 0.4) is 0 Å². The van der Waals surface area contributed by atoms with E-state index >= 15 is 0 Å². The Hall–Kier alpha value is -1.50. The number of hydrogen-bond donors (Lipinski definition) is 1. The average Bonchev–Trinajstić information content (AvgIpc) is 3.12. The van der Waals surface area contributed by atoms with Crippen molar-refractivity contribution in [3.63, 3.8) is 0 Å². The highest BCUT2D eigenvalue weighted by Crippen LogP contribution is 2.46. The van der Waals surface area contributed by atoms with Crippen LogP contribution in [0.4, 0.5) is 5.69 Å². The Labute approximate surface area is 184 Å². The lowest BCUT2D eigenvalue weighted by Gasteiger charge is -2.25. The number of thiophene rings is 1. The minimum absolute atomic E-state index is 0. The summed E-state index contributed by atoms with van der Waals surface area (Å²) in [6.07, 6.45) is 0. The quantitative estimate of drug-likeness (QED) is 0.499. The first kappa shape index (κ1) is 24.5. The van der Waals surface area contributed by atoms with Crippen LogP contribution in [0.15, 0.2) is 24.3 Å². The monoisotopic (exact) mass is 442 g/mol. The molecule has 1 aromatic heterocycles. The number of hydrogen-bond acceptors (Lipinski definition) is 5. The van der Waals surface area contributed by atoms with Crippen molar-refractivity contribution in [2.75, 3.05) is 31.7 Å². The minimum atomic E-state index is 0. The maximum atomic E-state index is 6.03. The van der Waals surface area contributed by atoms with Crippen molar-refractivity contribution < 1.29 is 9.47 Å². The molecule has 0 saturated heterocycles. The molecular weight excluding hydrogens is 412 g/mol. The number of nitrogens with zero attached hydrogens (tertiary/aromatic N) is 1. The van der Waals surface area contributed by atoms with Gasteiger partial charge in [-0.1, -0.05) is 12.2 Å². The van der Waals surface area contributed by atoms with Gasteiger partial charge in [0, 0.05) is 29.6 Å². The summed E-state index contributed by atoms with van der Waals surface area (Å²) in [4.78, 5) is 5.23. The van der Waals surface area contributed by atoms with Gasteiger partial charge in [-0.25, -0.2) is 0 Å². The summed E-state index contributed by atoms with van der Waals surface area (Å²) in [7, 11) is 1.70. The van der Waals surface area contributed by atoms with Gasteiger partial charge in [0.2, 0.25) is 0 Å². The Bertz CT molecular complexity index is 774. The van der Waals surface area contributed by atoms with Gasteiger partial charge in [0.15, 0.2) is 11.5 Å². The van der Waals surface area contributed by atoms with Crippen LogP contribution in [0.25, 0.3) is 10.4 Å². The Morgan fingerprint density at radius 1 is 1.11 bits per heavy atom. The molecule has 0 aliphatic heterocycles. The number of benzene rings is 1. The lowest BCUT2D eigenvalue weighted by atomic mass is 10.1. The van der Waals surface area contributed by atoms with E-state index in [2.05, 4.69) is 62.2 Å². The fourth-order valence-electron chi connectivity index (χ4n) is 2.98. The molecule has 0 amide bonds. The molecule has 1 N–H and O–H groups in total. The molecule has 0 bridgehead atoms. The van der Waals surface area contributed by atoms with E-state index in [4.69, 9.17) is 21.7 Å². The molecule has 0 atom stereocenters. The molecule has 0 aliphatic carbocycles. The van der Waals surface area contributed by atoms with Crippen LogP contribution in [-0.4, -0.2) is 37.8 Å². The van der Waals surface area contributed by atoms with Gasteiger partial charge >= 0.3 is 0 Å². The Balaban J connectivity index is 0.00000392. The van der Waals surface area contributed by atoms with E-state index in [9.17, 15) is 0 Å². The second kappa shape index (κ2) is 11.5. The Morgan fingerprint density at radius 3 is 2.32 bits per heavy atom. The van der Waals surface area contributed by atoms with E-state index in [1.54, 1.807) is 18.4 Å². The van der Waals surface area contributed by atoms with Crippen LogP contribution in [0.1, 0.15) is 39.5 Å². The number of nitrogens with one attached hydrogen (secondary N) is 1. The van der Waals surface area contributed by atoms with Crippen molar-refractivity contribution in [1.82, 2.24) is 5.32 Å². The van der Waals surface area contributed by atoms with Crippen molar-refractivity contribution in [2.24, 2.45) is 0 Å². The van der Waals surface area contributed by atoms with Crippen molar-refractivity contribution in [1.29, 1.82) is 0 Å². The molecule has 1 aromatic carbocycles. The number of ether oxygens (including phenoxy) is 2. The van der Waals surface area contributed by atoms with Crippen LogP contribution in [-0.2, 0) is 0 Å². The van der Waals surface area contributed by atoms with E-state index in [0.717, 1.165) is 50.6 Å². The van der Waals surface area contributed by atoms with Gasteiger partial charge in [-0.15, -0.1) is 23.7 Å². The predicted molar refractivity (Wildman–Crippen MR) is 128 cm³/mol. The highest BCUT2D eigenvalue weighted by Gasteiger charge is 2.21. The molecule has 156 valence electrons. The molecular formula is C21H31ClN2O2S2. The first-order valence-electron chi connectivity index (χ1n) is 9.46. The fraction of sp³-hybridized carbons (Fsp3) is 0.476. The van der Waals surface area contributed by atoms with E-state index in [1.807, 2.05) is 6.92 Å². The van der Waals surface area contributed by atoms with Crippen molar-refractivity contribution >= 4 is 46.6 Å². The van der Waals surface area contributed by atoms with Gasteiger partial charge in [0.05, 0.1) is 24.3 Å². The van der Waals surface area contributed by atoms with Crippen molar-refractivity contribution in [3.8, 4) is 21.9 Å². The molecule has 2 aromatic rings. The van der Waals surface area contributed by atoms with Crippen LogP contribution < -0.4 is 19.7 Å². The van der Waals surface area contributed by atoms with Crippen LogP contribution in [0, 0.1) is 0 Å². The first-order valence-corrected chi connectivity index (χ1v) is 10.7. The van der Waals surface area contributed by atoms with Gasteiger partial charge in [-0.3, -0.25) is 0 Å². The van der Waals surface area contributed by atoms with Crippen LogP contribution in [0.2, 0.25) is 0 Å². The summed E-state index contributed by atoms with van der Waals surface area (Å²) in [6, 6.07) is 8.72. The summed E-state index contributed by atoms with van der Waals surface area (Å²) in [5, 5.41) is 3.30. The molecule has 0 spiro atoms. The zero-order valence-electron chi connectivity index (χ0n) is 17.5. The second-order valence-electron chi connectivity index (χ2n) is 6.39. The summed E-state index contributed by atoms with van der Waals surface area (Å²) in [5.41, 5.74) is 2.09. The third-order valence-electron chi connectivity index (χ3n) is 4.20. The minimum Gasteiger partial charge on any atom is -0.491 e. The molecule has 1 heterocycles. The molecule has 2 rings (SSSR count). The first-order chi connectivity index (χ1) is 13.0. The van der Waals surface area contributed by atoms with E-state index in [1.165, 1.54) is 0 Å². The highest BCUT2D eigenvalue weighted by molar-refractivity contribution is 7.81. The topological polar surface area (TPSA) is 33.7 Å². The largest absolute Gasteiger partial charge is 0.491 e. The van der Waals surface area contributed by atoms with E-state index < -0.39 is 0 Å². The van der Waals surface area contributed by atoms with Gasteiger partial charge in [0.1, 0.15) is 4.99 Å². The summed E-state index contributed by atoms with van der Waals surface area (Å²) in [6.45, 7) is 12.9. The molecule has 28 heavy (non-hydrogen) atoms. The molecule has 4 nitrogen and oxygen atoms in total. The average molecular weight is 443 g/mol. The summed E-state index contributed by atoms with van der Waals surface area (Å²) in [5.74, 6) is 1.58. The third kappa shape index (κ3) is 5.52. The standard InChI is InChI=1S/C21H30N2O2S2.ClH/c1-7-23(8-2)16-11-10-15(19(25-9-3)20(16)24-6)17-12-13-18(27-17)21(26)22-14(4)5;/h10-14H,7-9H2,1-6H3,(H,22,26);1H. The summed E-state index contributed by atoms with van der Waals surface area (Å²) < 4.78 is 11.8.